The highest BCUT2D eigenvalue weighted by atomic mass is 35.5. The molecular weight excluding hydrogens is 415 g/mol. The zero-order chi connectivity index (χ0) is 21.4. The summed E-state index contributed by atoms with van der Waals surface area (Å²) in [7, 11) is 1.38. The van der Waals surface area contributed by atoms with Crippen LogP contribution in [0.4, 0.5) is 23.7 Å². The molecule has 3 rings (SSSR count). The van der Waals surface area contributed by atoms with E-state index in [2.05, 4.69) is 0 Å². The van der Waals surface area contributed by atoms with Gasteiger partial charge in [0.15, 0.2) is 0 Å². The Morgan fingerprint density at radius 1 is 1.17 bits per heavy atom. The second-order valence-corrected chi connectivity index (χ2v) is 6.42. The number of ether oxygens (including phenoxy) is 1. The maximum absolute atomic E-state index is 13.9. The van der Waals surface area contributed by atoms with Gasteiger partial charge in [0, 0.05) is 10.6 Å². The molecule has 1 saturated heterocycles. The predicted molar refractivity (Wildman–Crippen MR) is 96.7 cm³/mol. The fourth-order valence-corrected chi connectivity index (χ4v) is 2.91. The van der Waals surface area contributed by atoms with Crippen molar-refractivity contribution in [1.29, 1.82) is 0 Å². The minimum atomic E-state index is -5.32. The van der Waals surface area contributed by atoms with Crippen LogP contribution in [-0.4, -0.2) is 36.8 Å². The number of halogens is 4. The molecule has 1 heterocycles. The summed E-state index contributed by atoms with van der Waals surface area (Å²) in [4.78, 5) is 37.7. The molecule has 152 valence electrons. The second-order valence-electron chi connectivity index (χ2n) is 5.98. The van der Waals surface area contributed by atoms with E-state index < -0.39 is 29.7 Å². The summed E-state index contributed by atoms with van der Waals surface area (Å²) in [5.74, 6) is -2.57. The fourth-order valence-electron chi connectivity index (χ4n) is 2.72. The first-order chi connectivity index (χ1) is 13.6. The topological polar surface area (TPSA) is 87.7 Å². The number of methoxy groups -OCH3 is 1. The Morgan fingerprint density at radius 3 is 2.38 bits per heavy atom. The maximum atomic E-state index is 13.9. The first kappa shape index (κ1) is 20.5. The fraction of sp³-hybridized carbons (Fsp3) is 0.167. The van der Waals surface area contributed by atoms with Crippen LogP contribution in [0.1, 0.15) is 10.4 Å². The van der Waals surface area contributed by atoms with Gasteiger partial charge in [0.2, 0.25) is 0 Å². The van der Waals surface area contributed by atoms with Gasteiger partial charge in [-0.2, -0.15) is 13.2 Å². The van der Waals surface area contributed by atoms with Crippen molar-refractivity contribution in [2.45, 2.75) is 11.8 Å². The number of carbonyl (C=O) groups excluding carboxylic acids is 3. The molecular formula is C18H13ClF3N3O4. The zero-order valence-electron chi connectivity index (χ0n) is 14.7. The molecule has 0 aliphatic carbocycles. The largest absolute Gasteiger partial charge is 0.497 e. The van der Waals surface area contributed by atoms with Crippen molar-refractivity contribution in [1.82, 2.24) is 10.6 Å². The lowest BCUT2D eigenvalue weighted by atomic mass is 10.1. The minimum Gasteiger partial charge on any atom is -0.497 e. The van der Waals surface area contributed by atoms with E-state index in [0.29, 0.717) is 10.6 Å². The quantitative estimate of drug-likeness (QED) is 0.734. The first-order valence-corrected chi connectivity index (χ1v) is 8.42. The van der Waals surface area contributed by atoms with Crippen LogP contribution in [0, 0.1) is 0 Å². The number of alkyl halides is 3. The van der Waals surface area contributed by atoms with Crippen molar-refractivity contribution in [2.24, 2.45) is 0 Å². The lowest BCUT2D eigenvalue weighted by molar-refractivity contribution is -0.197. The highest BCUT2D eigenvalue weighted by molar-refractivity contribution is 6.31. The van der Waals surface area contributed by atoms with Gasteiger partial charge < -0.3 is 10.1 Å². The third-order valence-electron chi connectivity index (χ3n) is 4.17. The second kappa shape index (κ2) is 7.28. The van der Waals surface area contributed by atoms with Gasteiger partial charge in [-0.05, 0) is 42.5 Å². The van der Waals surface area contributed by atoms with Crippen LogP contribution in [0.25, 0.3) is 0 Å². The summed E-state index contributed by atoms with van der Waals surface area (Å²) < 4.78 is 46.6. The van der Waals surface area contributed by atoms with E-state index >= 15 is 0 Å². The average Bonchev–Trinajstić information content (AvgIpc) is 2.92. The van der Waals surface area contributed by atoms with E-state index in [4.69, 9.17) is 16.3 Å². The summed E-state index contributed by atoms with van der Waals surface area (Å²) in [5.41, 5.74) is -3.98. The first-order valence-electron chi connectivity index (χ1n) is 8.04. The number of benzene rings is 2. The van der Waals surface area contributed by atoms with Crippen LogP contribution >= 0.6 is 11.6 Å². The van der Waals surface area contributed by atoms with Gasteiger partial charge in [0.1, 0.15) is 5.75 Å². The molecule has 2 aromatic rings. The van der Waals surface area contributed by atoms with Crippen LogP contribution in [0.2, 0.25) is 5.02 Å². The molecule has 0 bridgehead atoms. The van der Waals surface area contributed by atoms with Crippen molar-refractivity contribution in [2.75, 3.05) is 12.0 Å². The van der Waals surface area contributed by atoms with Gasteiger partial charge in [-0.15, -0.1) is 0 Å². The smallest absolute Gasteiger partial charge is 0.440 e. The molecule has 7 nitrogen and oxygen atoms in total. The monoisotopic (exact) mass is 427 g/mol. The molecule has 1 aliphatic rings. The number of hydrogen-bond acceptors (Lipinski definition) is 4. The lowest BCUT2D eigenvalue weighted by Gasteiger charge is -2.29. The molecule has 0 radical (unpaired) electrons. The molecule has 1 atom stereocenters. The normalized spacial score (nSPS) is 19.1. The van der Waals surface area contributed by atoms with Crippen molar-refractivity contribution in [3.05, 3.63) is 59.1 Å². The molecule has 0 spiro atoms. The summed E-state index contributed by atoms with van der Waals surface area (Å²) >= 11 is 5.75. The Hall–Kier alpha value is -3.27. The number of imide groups is 1. The summed E-state index contributed by atoms with van der Waals surface area (Å²) in [6.07, 6.45) is -5.32. The van der Waals surface area contributed by atoms with Crippen molar-refractivity contribution in [3.8, 4) is 5.75 Å². The average molecular weight is 428 g/mol. The molecule has 4 amide bonds. The number of anilines is 1. The third-order valence-corrected chi connectivity index (χ3v) is 4.40. The zero-order valence-corrected chi connectivity index (χ0v) is 15.5. The van der Waals surface area contributed by atoms with Gasteiger partial charge in [-0.25, -0.2) is 9.69 Å². The van der Waals surface area contributed by atoms with Crippen LogP contribution in [0.5, 0.6) is 5.75 Å². The Labute approximate surface area is 167 Å². The van der Waals surface area contributed by atoms with E-state index in [1.165, 1.54) is 49.6 Å². The standard InChI is InChI=1S/C18H13ClF3N3O4/c1-29-13-7-5-12(6-8-13)25-15(27)17(18(20,21)22,24-16(25)28)23-14(26)10-3-2-4-11(19)9-10/h2-9H,1H3,(H,23,26)(H,24,28)/t17-/m1/s1. The van der Waals surface area contributed by atoms with Crippen molar-refractivity contribution in [3.63, 3.8) is 0 Å². The SMILES string of the molecule is COc1ccc(N2C(=O)N[C@@](NC(=O)c3cccc(Cl)c3)(C(F)(F)F)C2=O)cc1. The Balaban J connectivity index is 1.99. The number of nitrogens with zero attached hydrogens (tertiary/aromatic N) is 1. The van der Waals surface area contributed by atoms with Gasteiger partial charge >= 0.3 is 12.2 Å². The van der Waals surface area contributed by atoms with Gasteiger partial charge in [0.25, 0.3) is 17.5 Å². The summed E-state index contributed by atoms with van der Waals surface area (Å²) in [5, 5.41) is 3.29. The number of hydrogen-bond donors (Lipinski definition) is 2. The highest BCUT2D eigenvalue weighted by Gasteiger charge is 2.69. The molecule has 1 aliphatic heterocycles. The number of nitrogens with one attached hydrogen (secondary N) is 2. The molecule has 11 heteroatoms. The van der Waals surface area contributed by atoms with E-state index in [1.807, 2.05) is 0 Å². The summed E-state index contributed by atoms with van der Waals surface area (Å²) in [6.45, 7) is 0. The Bertz CT molecular complexity index is 981. The van der Waals surface area contributed by atoms with Gasteiger partial charge in [-0.1, -0.05) is 17.7 Å². The maximum Gasteiger partial charge on any atom is 0.440 e. The lowest BCUT2D eigenvalue weighted by Crippen LogP contribution is -2.69. The number of carbonyl (C=O) groups is 3. The Morgan fingerprint density at radius 2 is 1.83 bits per heavy atom. The third kappa shape index (κ3) is 3.58. The van der Waals surface area contributed by atoms with E-state index in [9.17, 15) is 27.6 Å². The van der Waals surface area contributed by atoms with Crippen LogP contribution in [0.3, 0.4) is 0 Å². The number of rotatable bonds is 4. The van der Waals surface area contributed by atoms with E-state index in [0.717, 1.165) is 6.07 Å². The highest BCUT2D eigenvalue weighted by Crippen LogP contribution is 2.36. The molecule has 0 saturated carbocycles. The molecule has 29 heavy (non-hydrogen) atoms. The minimum absolute atomic E-state index is 0.111. The number of amides is 4. The van der Waals surface area contributed by atoms with Gasteiger partial charge in [-0.3, -0.25) is 14.9 Å². The molecule has 1 fully saturated rings. The van der Waals surface area contributed by atoms with Crippen LogP contribution < -0.4 is 20.3 Å². The van der Waals surface area contributed by atoms with Crippen molar-refractivity contribution < 1.29 is 32.3 Å². The number of urea groups is 1. The predicted octanol–water partition coefficient (Wildman–Crippen LogP) is 3.09. The van der Waals surface area contributed by atoms with Crippen molar-refractivity contribution >= 4 is 35.1 Å². The molecule has 0 aromatic heterocycles. The van der Waals surface area contributed by atoms with Gasteiger partial charge in [0.05, 0.1) is 12.8 Å². The molecule has 0 unspecified atom stereocenters. The van der Waals surface area contributed by atoms with E-state index in [1.54, 1.807) is 10.6 Å². The summed E-state index contributed by atoms with van der Waals surface area (Å²) in [6, 6.07) is 8.99. The van der Waals surface area contributed by atoms with Crippen LogP contribution in [-0.2, 0) is 4.79 Å². The van der Waals surface area contributed by atoms with Crippen LogP contribution in [0.15, 0.2) is 48.5 Å². The Kier molecular flexibility index (Phi) is 5.14. The molecule has 2 aromatic carbocycles. The molecule has 2 N–H and O–H groups in total. The van der Waals surface area contributed by atoms with E-state index in [-0.39, 0.29) is 16.3 Å².